The van der Waals surface area contributed by atoms with E-state index in [4.69, 9.17) is 4.74 Å². The van der Waals surface area contributed by atoms with Crippen LogP contribution in [0, 0.1) is 5.92 Å². The molecular weight excluding hydrogens is 396 g/mol. The Morgan fingerprint density at radius 1 is 1.38 bits per heavy atom. The molecule has 0 spiro atoms. The Hall–Kier alpha value is -0.960. The number of hydrogen-bond acceptors (Lipinski definition) is 4. The monoisotopic (exact) mass is 418 g/mol. The summed E-state index contributed by atoms with van der Waals surface area (Å²) in [5, 5.41) is 2.86. The van der Waals surface area contributed by atoms with Crippen LogP contribution in [0.1, 0.15) is 19.3 Å². The van der Waals surface area contributed by atoms with Gasteiger partial charge in [-0.25, -0.2) is 8.42 Å². The summed E-state index contributed by atoms with van der Waals surface area (Å²) in [6, 6.07) is 6.56. The molecule has 24 heavy (non-hydrogen) atoms. The van der Waals surface area contributed by atoms with Gasteiger partial charge in [0.05, 0.1) is 10.8 Å². The van der Waals surface area contributed by atoms with Crippen LogP contribution in [-0.2, 0) is 19.6 Å². The summed E-state index contributed by atoms with van der Waals surface area (Å²) in [6.45, 7) is 1.82. The van der Waals surface area contributed by atoms with E-state index in [1.54, 1.807) is 31.4 Å². The molecule has 1 atom stereocenters. The quantitative estimate of drug-likeness (QED) is 0.686. The van der Waals surface area contributed by atoms with Crippen LogP contribution in [0.15, 0.2) is 33.6 Å². The summed E-state index contributed by atoms with van der Waals surface area (Å²) in [7, 11) is -1.94. The molecule has 1 heterocycles. The lowest BCUT2D eigenvalue weighted by Gasteiger charge is -2.31. The van der Waals surface area contributed by atoms with E-state index in [-0.39, 0.29) is 23.3 Å². The number of hydrogen-bond donors (Lipinski definition) is 1. The fourth-order valence-electron chi connectivity index (χ4n) is 2.70. The first-order valence-corrected chi connectivity index (χ1v) is 10.2. The number of carbonyl (C=O) groups is 1. The van der Waals surface area contributed by atoms with Crippen LogP contribution >= 0.6 is 15.9 Å². The average Bonchev–Trinajstić information content (AvgIpc) is 2.59. The minimum Gasteiger partial charge on any atom is -0.385 e. The third kappa shape index (κ3) is 5.02. The Balaban J connectivity index is 1.99. The molecule has 2 rings (SSSR count). The van der Waals surface area contributed by atoms with Gasteiger partial charge in [-0.1, -0.05) is 15.9 Å². The van der Waals surface area contributed by atoms with Gasteiger partial charge >= 0.3 is 0 Å². The molecule has 0 bridgehead atoms. The molecule has 0 aromatic heterocycles. The molecule has 1 amide bonds. The average molecular weight is 419 g/mol. The molecule has 6 nitrogen and oxygen atoms in total. The summed E-state index contributed by atoms with van der Waals surface area (Å²) in [4.78, 5) is 12.5. The Morgan fingerprint density at radius 2 is 2.08 bits per heavy atom. The van der Waals surface area contributed by atoms with E-state index in [2.05, 4.69) is 21.2 Å². The van der Waals surface area contributed by atoms with Crippen LogP contribution in [0.2, 0.25) is 0 Å². The number of piperidine rings is 1. The predicted octanol–water partition coefficient (Wildman–Crippen LogP) is 2.00. The summed E-state index contributed by atoms with van der Waals surface area (Å²) >= 11 is 3.30. The van der Waals surface area contributed by atoms with Crippen molar-refractivity contribution in [3.63, 3.8) is 0 Å². The van der Waals surface area contributed by atoms with Crippen molar-refractivity contribution in [3.05, 3.63) is 28.7 Å². The normalized spacial score (nSPS) is 19.2. The number of nitrogens with one attached hydrogen (secondary N) is 1. The largest absolute Gasteiger partial charge is 0.385 e. The van der Waals surface area contributed by atoms with E-state index in [0.29, 0.717) is 32.5 Å². The number of ether oxygens (including phenoxy) is 1. The fourth-order valence-corrected chi connectivity index (χ4v) is 4.49. The number of halogens is 1. The van der Waals surface area contributed by atoms with Crippen molar-refractivity contribution in [1.82, 2.24) is 9.62 Å². The van der Waals surface area contributed by atoms with Crippen LogP contribution in [0.4, 0.5) is 0 Å². The van der Waals surface area contributed by atoms with Gasteiger partial charge in [0.2, 0.25) is 15.9 Å². The molecule has 1 aliphatic rings. The van der Waals surface area contributed by atoms with Gasteiger partial charge in [0, 0.05) is 37.8 Å². The number of carbonyl (C=O) groups excluding carboxylic acids is 1. The smallest absolute Gasteiger partial charge is 0.243 e. The topological polar surface area (TPSA) is 75.7 Å². The Bertz CT molecular complexity index is 649. The van der Waals surface area contributed by atoms with Crippen LogP contribution in [0.3, 0.4) is 0 Å². The van der Waals surface area contributed by atoms with Gasteiger partial charge in [-0.05, 0) is 43.5 Å². The molecule has 8 heteroatoms. The van der Waals surface area contributed by atoms with Crippen molar-refractivity contribution in [3.8, 4) is 0 Å². The second-order valence-corrected chi connectivity index (χ2v) is 8.65. The molecule has 1 aromatic rings. The van der Waals surface area contributed by atoms with E-state index in [9.17, 15) is 13.2 Å². The zero-order chi connectivity index (χ0) is 17.6. The minimum atomic E-state index is -3.56. The maximum absolute atomic E-state index is 12.7. The van der Waals surface area contributed by atoms with Gasteiger partial charge in [-0.2, -0.15) is 4.31 Å². The number of sulfonamides is 1. The number of methoxy groups -OCH3 is 1. The maximum Gasteiger partial charge on any atom is 0.243 e. The molecule has 134 valence electrons. The van der Waals surface area contributed by atoms with E-state index >= 15 is 0 Å². The minimum absolute atomic E-state index is 0.0817. The lowest BCUT2D eigenvalue weighted by atomic mass is 9.99. The highest BCUT2D eigenvalue weighted by Gasteiger charge is 2.33. The van der Waals surface area contributed by atoms with Crippen molar-refractivity contribution in [1.29, 1.82) is 0 Å². The molecule has 1 aromatic carbocycles. The molecular formula is C16H23BrN2O4S. The molecule has 0 saturated carbocycles. The SMILES string of the molecule is COCCCNC(=O)C1CCCN(S(=O)(=O)c2ccc(Br)cc2)C1. The molecule has 1 fully saturated rings. The van der Waals surface area contributed by atoms with Gasteiger partial charge in [0.25, 0.3) is 0 Å². The second-order valence-electron chi connectivity index (χ2n) is 5.79. The van der Waals surface area contributed by atoms with E-state index in [1.807, 2.05) is 0 Å². The maximum atomic E-state index is 12.7. The van der Waals surface area contributed by atoms with Gasteiger partial charge in [0.1, 0.15) is 0 Å². The highest BCUT2D eigenvalue weighted by atomic mass is 79.9. The molecule has 1 saturated heterocycles. The summed E-state index contributed by atoms with van der Waals surface area (Å²) in [5.41, 5.74) is 0. The third-order valence-corrected chi connectivity index (χ3v) is 6.44. The first kappa shape index (κ1) is 19.4. The molecule has 0 aliphatic carbocycles. The molecule has 1 unspecified atom stereocenters. The second kappa shape index (κ2) is 8.94. The van der Waals surface area contributed by atoms with Crippen LogP contribution < -0.4 is 5.32 Å². The van der Waals surface area contributed by atoms with Crippen molar-refractivity contribution in [2.24, 2.45) is 5.92 Å². The first-order valence-electron chi connectivity index (χ1n) is 7.97. The lowest BCUT2D eigenvalue weighted by Crippen LogP contribution is -2.45. The highest BCUT2D eigenvalue weighted by Crippen LogP contribution is 2.24. The van der Waals surface area contributed by atoms with Crippen molar-refractivity contribution < 1.29 is 17.9 Å². The summed E-state index contributed by atoms with van der Waals surface area (Å²) in [6.07, 6.45) is 2.14. The standard InChI is InChI=1S/C16H23BrN2O4S/c1-23-11-3-9-18-16(20)13-4-2-10-19(12-13)24(21,22)15-7-5-14(17)6-8-15/h5-8,13H,2-4,9-12H2,1H3,(H,18,20). The van der Waals surface area contributed by atoms with E-state index in [1.165, 1.54) is 4.31 Å². The van der Waals surface area contributed by atoms with Gasteiger partial charge in [0.15, 0.2) is 0 Å². The number of nitrogens with zero attached hydrogens (tertiary/aromatic N) is 1. The van der Waals surface area contributed by atoms with Crippen molar-refractivity contribution in [2.75, 3.05) is 33.4 Å². The highest BCUT2D eigenvalue weighted by molar-refractivity contribution is 9.10. The Labute approximate surface area is 151 Å². The number of benzene rings is 1. The predicted molar refractivity (Wildman–Crippen MR) is 95.1 cm³/mol. The van der Waals surface area contributed by atoms with E-state index < -0.39 is 10.0 Å². The van der Waals surface area contributed by atoms with Gasteiger partial charge in [-0.15, -0.1) is 0 Å². The molecule has 1 aliphatic heterocycles. The fraction of sp³-hybridized carbons (Fsp3) is 0.562. The zero-order valence-corrected chi connectivity index (χ0v) is 16.1. The van der Waals surface area contributed by atoms with E-state index in [0.717, 1.165) is 10.9 Å². The lowest BCUT2D eigenvalue weighted by molar-refractivity contribution is -0.126. The van der Waals surface area contributed by atoms with Crippen LogP contribution in [0.5, 0.6) is 0 Å². The van der Waals surface area contributed by atoms with Crippen molar-refractivity contribution >= 4 is 31.9 Å². The van der Waals surface area contributed by atoms with Gasteiger partial charge < -0.3 is 10.1 Å². The number of rotatable bonds is 7. The Kier molecular flexibility index (Phi) is 7.21. The third-order valence-electron chi connectivity index (χ3n) is 4.03. The summed E-state index contributed by atoms with van der Waals surface area (Å²) in [5.74, 6) is -0.381. The molecule has 0 radical (unpaired) electrons. The summed E-state index contributed by atoms with van der Waals surface area (Å²) < 4.78 is 32.6. The number of amides is 1. The van der Waals surface area contributed by atoms with Crippen molar-refractivity contribution in [2.45, 2.75) is 24.2 Å². The van der Waals surface area contributed by atoms with Crippen LogP contribution in [-0.4, -0.2) is 52.0 Å². The van der Waals surface area contributed by atoms with Gasteiger partial charge in [-0.3, -0.25) is 4.79 Å². The Morgan fingerprint density at radius 3 is 2.75 bits per heavy atom. The first-order chi connectivity index (χ1) is 11.4. The zero-order valence-electron chi connectivity index (χ0n) is 13.7. The van der Waals surface area contributed by atoms with Crippen LogP contribution in [0.25, 0.3) is 0 Å². The molecule has 1 N–H and O–H groups in total.